The highest BCUT2D eigenvalue weighted by Crippen LogP contribution is 2.40. The van der Waals surface area contributed by atoms with Crippen LogP contribution >= 0.6 is 22.7 Å². The highest BCUT2D eigenvalue weighted by Gasteiger charge is 2.30. The monoisotopic (exact) mass is 904 g/mol. The zero-order chi connectivity index (χ0) is 45.0. The normalized spacial score (nSPS) is 15.7. The number of nitrogens with zero attached hydrogens (tertiary/aromatic N) is 8. The van der Waals surface area contributed by atoms with Gasteiger partial charge in [-0.05, 0) is 127 Å². The second kappa shape index (κ2) is 18.7. The molecule has 14 heteroatoms. The van der Waals surface area contributed by atoms with E-state index in [0.717, 1.165) is 78.1 Å². The standard InChI is InChI=1S/C52H44N10O2S2/c53-29-35-17-19-36(20-18-35)31-59-21-5-15-47(59)49(63)57-52-56-44(34-66-52)46-14-8-24-62(46)42-12-4-9-39(28-42)40-26-37(30-54)25-38(27-40)32-60-22-6-16-48(60)50(64)58-51-55-43(33-65-51)45-13-7-23-61(45)41-10-2-1-3-11-41/h1-6,9-12,15-22,25-28,33-34,45-46H,7-8,13-14,23-24,31-32H2,(H,55,58,64)(H,56,57,63)/t45-,46-/m1/s1. The number of nitrogens with one attached hydrogen (secondary N) is 2. The van der Waals surface area contributed by atoms with Crippen molar-refractivity contribution in [3.05, 3.63) is 190 Å². The summed E-state index contributed by atoms with van der Waals surface area (Å²) in [6.07, 6.45) is 7.78. The third-order valence-electron chi connectivity index (χ3n) is 12.3. The van der Waals surface area contributed by atoms with Gasteiger partial charge in [0.15, 0.2) is 10.3 Å². The molecule has 2 N–H and O–H groups in total. The van der Waals surface area contributed by atoms with E-state index in [1.807, 2.05) is 75.4 Å². The van der Waals surface area contributed by atoms with E-state index in [9.17, 15) is 14.9 Å². The number of anilines is 4. The molecule has 2 aliphatic rings. The third-order valence-corrected chi connectivity index (χ3v) is 13.9. The van der Waals surface area contributed by atoms with Crippen LogP contribution in [0.2, 0.25) is 0 Å². The summed E-state index contributed by atoms with van der Waals surface area (Å²) in [5, 5.41) is 30.5. The number of nitriles is 2. The number of carbonyl (C=O) groups is 2. The van der Waals surface area contributed by atoms with Crippen molar-refractivity contribution < 1.29 is 9.59 Å². The number of hydrogen-bond acceptors (Lipinski definition) is 10. The molecule has 2 saturated heterocycles. The van der Waals surface area contributed by atoms with Crippen LogP contribution in [-0.4, -0.2) is 44.0 Å². The van der Waals surface area contributed by atoms with Crippen LogP contribution in [0, 0.1) is 22.7 Å². The lowest BCUT2D eigenvalue weighted by molar-refractivity contribution is 0.101. The fourth-order valence-electron chi connectivity index (χ4n) is 9.17. The predicted octanol–water partition coefficient (Wildman–Crippen LogP) is 10.9. The summed E-state index contributed by atoms with van der Waals surface area (Å²) in [7, 11) is 0. The average Bonchev–Trinajstić information content (AvgIpc) is 4.21. The van der Waals surface area contributed by atoms with Gasteiger partial charge >= 0.3 is 0 Å². The first-order valence-electron chi connectivity index (χ1n) is 21.9. The van der Waals surface area contributed by atoms with Gasteiger partial charge in [-0.3, -0.25) is 20.2 Å². The van der Waals surface area contributed by atoms with Gasteiger partial charge in [0, 0.05) is 60.7 Å². The highest BCUT2D eigenvalue weighted by molar-refractivity contribution is 7.14. The van der Waals surface area contributed by atoms with Gasteiger partial charge in [-0.15, -0.1) is 22.7 Å². The van der Waals surface area contributed by atoms with Gasteiger partial charge in [0.05, 0.1) is 46.7 Å². The summed E-state index contributed by atoms with van der Waals surface area (Å²) >= 11 is 2.86. The number of amides is 2. The van der Waals surface area contributed by atoms with Crippen LogP contribution in [0.25, 0.3) is 11.1 Å². The zero-order valence-corrected chi connectivity index (χ0v) is 37.5. The van der Waals surface area contributed by atoms with Crippen molar-refractivity contribution in [3.8, 4) is 23.3 Å². The number of aromatic nitrogens is 4. The van der Waals surface area contributed by atoms with Crippen LogP contribution < -0.4 is 20.4 Å². The summed E-state index contributed by atoms with van der Waals surface area (Å²) in [5.74, 6) is -0.474. The van der Waals surface area contributed by atoms with E-state index in [4.69, 9.17) is 15.2 Å². The van der Waals surface area contributed by atoms with Crippen molar-refractivity contribution in [1.29, 1.82) is 10.5 Å². The molecule has 8 aromatic rings. The second-order valence-electron chi connectivity index (χ2n) is 16.5. The van der Waals surface area contributed by atoms with E-state index < -0.39 is 0 Å². The number of rotatable bonds is 13. The van der Waals surface area contributed by atoms with Gasteiger partial charge in [0.1, 0.15) is 11.4 Å². The summed E-state index contributed by atoms with van der Waals surface area (Å²) in [5.41, 5.74) is 10.0. The maximum atomic E-state index is 13.7. The average molecular weight is 905 g/mol. The first-order valence-corrected chi connectivity index (χ1v) is 23.7. The highest BCUT2D eigenvalue weighted by atomic mass is 32.1. The molecule has 0 saturated carbocycles. The van der Waals surface area contributed by atoms with Crippen molar-refractivity contribution >= 4 is 56.1 Å². The molecule has 4 aromatic heterocycles. The van der Waals surface area contributed by atoms with E-state index >= 15 is 0 Å². The molecule has 0 radical (unpaired) electrons. The fourth-order valence-corrected chi connectivity index (χ4v) is 10.7. The molecule has 0 spiro atoms. The van der Waals surface area contributed by atoms with Gasteiger partial charge < -0.3 is 18.9 Å². The van der Waals surface area contributed by atoms with Crippen molar-refractivity contribution in [2.45, 2.75) is 50.9 Å². The smallest absolute Gasteiger partial charge is 0.274 e. The molecule has 66 heavy (non-hydrogen) atoms. The molecule has 2 aliphatic heterocycles. The van der Waals surface area contributed by atoms with E-state index in [1.54, 1.807) is 24.3 Å². The van der Waals surface area contributed by atoms with Crippen LogP contribution in [0.1, 0.15) is 92.4 Å². The Labute approximate surface area is 390 Å². The molecule has 0 unspecified atom stereocenters. The summed E-state index contributed by atoms with van der Waals surface area (Å²) < 4.78 is 3.79. The molecule has 0 bridgehead atoms. The minimum atomic E-state index is -0.238. The van der Waals surface area contributed by atoms with E-state index in [2.05, 4.69) is 86.5 Å². The topological polar surface area (TPSA) is 148 Å². The number of thiazole rings is 2. The minimum absolute atomic E-state index is 0.0318. The second-order valence-corrected chi connectivity index (χ2v) is 18.3. The Morgan fingerprint density at radius 2 is 1.17 bits per heavy atom. The van der Waals surface area contributed by atoms with Gasteiger partial charge in [-0.2, -0.15) is 10.5 Å². The van der Waals surface area contributed by atoms with Crippen molar-refractivity contribution in [2.24, 2.45) is 0 Å². The molecule has 326 valence electrons. The zero-order valence-electron chi connectivity index (χ0n) is 35.9. The van der Waals surface area contributed by atoms with Gasteiger partial charge in [0.25, 0.3) is 11.8 Å². The molecule has 4 aromatic carbocycles. The summed E-state index contributed by atoms with van der Waals surface area (Å²) in [6.45, 7) is 2.73. The van der Waals surface area contributed by atoms with E-state index in [-0.39, 0.29) is 23.9 Å². The molecule has 0 aliphatic carbocycles. The molecule has 2 fully saturated rings. The van der Waals surface area contributed by atoms with Gasteiger partial charge in [0.2, 0.25) is 0 Å². The molecular weight excluding hydrogens is 861 g/mol. The lowest BCUT2D eigenvalue weighted by Gasteiger charge is -2.26. The third kappa shape index (κ3) is 8.97. The van der Waals surface area contributed by atoms with Gasteiger partial charge in [-0.25, -0.2) is 9.97 Å². The Balaban J connectivity index is 0.810. The number of benzene rings is 4. The lowest BCUT2D eigenvalue weighted by Crippen LogP contribution is -2.23. The first kappa shape index (κ1) is 42.2. The molecule has 10 rings (SSSR count). The predicted molar refractivity (Wildman–Crippen MR) is 260 cm³/mol. The van der Waals surface area contributed by atoms with Crippen LogP contribution in [0.4, 0.5) is 21.6 Å². The number of para-hydroxylation sites is 1. The van der Waals surface area contributed by atoms with E-state index in [1.165, 1.54) is 28.4 Å². The summed E-state index contributed by atoms with van der Waals surface area (Å²) in [4.78, 5) is 41.7. The molecular formula is C52H44N10O2S2. The van der Waals surface area contributed by atoms with Crippen LogP contribution in [-0.2, 0) is 13.1 Å². The summed E-state index contributed by atoms with van der Waals surface area (Å²) in [6, 6.07) is 44.0. The molecule has 6 heterocycles. The maximum absolute atomic E-state index is 13.7. The number of carbonyl (C=O) groups excluding carboxylic acids is 2. The van der Waals surface area contributed by atoms with Crippen LogP contribution in [0.5, 0.6) is 0 Å². The minimum Gasteiger partial charge on any atom is -0.363 e. The Kier molecular flexibility index (Phi) is 12.0. The number of hydrogen-bond donors (Lipinski definition) is 2. The molecule has 2 amide bonds. The van der Waals surface area contributed by atoms with Crippen LogP contribution in [0.3, 0.4) is 0 Å². The Hall–Kier alpha value is -7.78. The lowest BCUT2D eigenvalue weighted by atomic mass is 9.99. The molecule has 2 atom stereocenters. The van der Waals surface area contributed by atoms with Crippen molar-refractivity contribution in [3.63, 3.8) is 0 Å². The molecule has 12 nitrogen and oxygen atoms in total. The van der Waals surface area contributed by atoms with Crippen LogP contribution in [0.15, 0.2) is 144 Å². The SMILES string of the molecule is N#Cc1ccc(Cn2cccc2C(=O)Nc2nc([C@H]3CCCN3c3cccc(-c4cc(C#N)cc(Cn5cccc5C(=O)Nc5nc([C@H]6CCCN6c6ccccc6)cs5)c4)c3)cs2)cc1. The quantitative estimate of drug-likeness (QED) is 0.116. The Morgan fingerprint density at radius 3 is 1.77 bits per heavy atom. The van der Waals surface area contributed by atoms with Crippen molar-refractivity contribution in [2.75, 3.05) is 33.5 Å². The maximum Gasteiger partial charge on any atom is 0.274 e. The fraction of sp³-hybridized carbons (Fsp3) is 0.192. The van der Waals surface area contributed by atoms with Crippen molar-refractivity contribution in [1.82, 2.24) is 19.1 Å². The Bertz CT molecular complexity index is 3120. The van der Waals surface area contributed by atoms with E-state index in [0.29, 0.717) is 45.9 Å². The Morgan fingerprint density at radius 1 is 0.591 bits per heavy atom. The first-order chi connectivity index (χ1) is 32.4. The van der Waals surface area contributed by atoms with Gasteiger partial charge in [-0.1, -0.05) is 42.5 Å². The largest absolute Gasteiger partial charge is 0.363 e.